The zero-order chi connectivity index (χ0) is 25.1. The van der Waals surface area contributed by atoms with Gasteiger partial charge in [0.15, 0.2) is 0 Å². The van der Waals surface area contributed by atoms with Crippen LogP contribution in [-0.2, 0) is 9.47 Å². The minimum Gasteiger partial charge on any atom is -0.382 e. The number of amides is 1. The molecule has 10 heteroatoms. The normalized spacial score (nSPS) is 15.6. The summed E-state index contributed by atoms with van der Waals surface area (Å²) in [4.78, 5) is 30.1. The van der Waals surface area contributed by atoms with Crippen LogP contribution < -0.4 is 5.56 Å². The first-order valence-electron chi connectivity index (χ1n) is 11.7. The van der Waals surface area contributed by atoms with Crippen LogP contribution in [0.15, 0.2) is 59.5 Å². The van der Waals surface area contributed by atoms with Crippen molar-refractivity contribution in [2.45, 2.75) is 6.42 Å². The van der Waals surface area contributed by atoms with Gasteiger partial charge >= 0.3 is 0 Å². The van der Waals surface area contributed by atoms with E-state index in [0.717, 1.165) is 6.42 Å². The summed E-state index contributed by atoms with van der Waals surface area (Å²) in [6.07, 6.45) is 2.54. The highest BCUT2D eigenvalue weighted by Gasteiger charge is 2.27. The molecule has 2 aromatic heterocycles. The Morgan fingerprint density at radius 1 is 1.17 bits per heavy atom. The number of methoxy groups -OCH3 is 1. The molecule has 0 saturated carbocycles. The van der Waals surface area contributed by atoms with Gasteiger partial charge in [0.25, 0.3) is 11.5 Å². The molecule has 9 nitrogen and oxygen atoms in total. The van der Waals surface area contributed by atoms with Gasteiger partial charge in [-0.1, -0.05) is 5.21 Å². The minimum absolute atomic E-state index is 0.0184. The van der Waals surface area contributed by atoms with E-state index in [-0.39, 0.29) is 11.5 Å². The number of rotatable bonds is 8. The quantitative estimate of drug-likeness (QED) is 0.380. The fraction of sp³-hybridized carbons (Fsp3) is 0.308. The van der Waals surface area contributed by atoms with Crippen molar-refractivity contribution >= 4 is 16.8 Å². The Labute approximate surface area is 206 Å². The Morgan fingerprint density at radius 2 is 2.00 bits per heavy atom. The number of hydrogen-bond acceptors (Lipinski definition) is 6. The first-order valence-corrected chi connectivity index (χ1v) is 11.7. The SMILES string of the molecule is COCCOC[C@H]1CCN(C(=O)c2ccc(-n3cc(-c4cc5cc(F)ccc5[nH]c4=O)nn3)cc2)C1. The first-order chi connectivity index (χ1) is 17.5. The summed E-state index contributed by atoms with van der Waals surface area (Å²) in [5.41, 5.74) is 2.14. The summed E-state index contributed by atoms with van der Waals surface area (Å²) in [7, 11) is 1.64. The van der Waals surface area contributed by atoms with Crippen molar-refractivity contribution in [3.8, 4) is 16.9 Å². The second-order valence-corrected chi connectivity index (χ2v) is 8.81. The third-order valence-corrected chi connectivity index (χ3v) is 6.31. The Morgan fingerprint density at radius 3 is 2.81 bits per heavy atom. The molecule has 1 fully saturated rings. The largest absolute Gasteiger partial charge is 0.382 e. The predicted octanol–water partition coefficient (Wildman–Crippen LogP) is 3.04. The number of carbonyl (C=O) groups excluding carboxylic acids is 1. The average Bonchev–Trinajstić information content (AvgIpc) is 3.57. The maximum absolute atomic E-state index is 13.6. The fourth-order valence-electron chi connectivity index (χ4n) is 4.37. The van der Waals surface area contributed by atoms with E-state index in [1.54, 1.807) is 43.6 Å². The van der Waals surface area contributed by atoms with E-state index in [1.165, 1.54) is 22.9 Å². The summed E-state index contributed by atoms with van der Waals surface area (Å²) < 4.78 is 25.7. The summed E-state index contributed by atoms with van der Waals surface area (Å²) in [6, 6.07) is 12.9. The number of likely N-dealkylation sites (tertiary alicyclic amines) is 1. The van der Waals surface area contributed by atoms with Crippen LogP contribution in [-0.4, -0.2) is 70.8 Å². The van der Waals surface area contributed by atoms with E-state index in [0.29, 0.717) is 72.2 Å². The molecule has 4 aromatic rings. The number of aromatic amines is 1. The van der Waals surface area contributed by atoms with E-state index >= 15 is 0 Å². The highest BCUT2D eigenvalue weighted by molar-refractivity contribution is 5.94. The van der Waals surface area contributed by atoms with Gasteiger partial charge in [-0.25, -0.2) is 9.07 Å². The van der Waals surface area contributed by atoms with Gasteiger partial charge in [0.1, 0.15) is 11.5 Å². The second-order valence-electron chi connectivity index (χ2n) is 8.81. The van der Waals surface area contributed by atoms with Crippen molar-refractivity contribution in [3.05, 3.63) is 76.5 Å². The van der Waals surface area contributed by atoms with Crippen molar-refractivity contribution in [1.82, 2.24) is 24.9 Å². The highest BCUT2D eigenvalue weighted by atomic mass is 19.1. The standard InChI is InChI=1S/C26H26FN5O4/c1-35-10-11-36-16-17-8-9-31(14-17)26(34)18-2-5-21(6-3-18)32-15-24(29-30-32)22-13-19-12-20(27)4-7-23(19)28-25(22)33/h2-7,12-13,15,17H,8-11,14,16H2,1H3,(H,28,33)/t17-/m0/s1. The number of nitrogens with one attached hydrogen (secondary N) is 1. The zero-order valence-electron chi connectivity index (χ0n) is 19.8. The van der Waals surface area contributed by atoms with E-state index in [1.807, 2.05) is 4.90 Å². The molecule has 1 aliphatic heterocycles. The van der Waals surface area contributed by atoms with Gasteiger partial charge in [0, 0.05) is 42.6 Å². The topological polar surface area (TPSA) is 102 Å². The first kappa shape index (κ1) is 23.8. The van der Waals surface area contributed by atoms with Crippen LogP contribution in [0.1, 0.15) is 16.8 Å². The second kappa shape index (κ2) is 10.4. The molecule has 3 heterocycles. The molecule has 0 unspecified atom stereocenters. The summed E-state index contributed by atoms with van der Waals surface area (Å²) in [5, 5.41) is 8.81. The van der Waals surface area contributed by atoms with E-state index in [4.69, 9.17) is 9.47 Å². The molecule has 1 aliphatic rings. The number of benzene rings is 2. The number of carbonyl (C=O) groups is 1. The van der Waals surface area contributed by atoms with Crippen LogP contribution in [0.25, 0.3) is 27.8 Å². The molecular formula is C26H26FN5O4. The lowest BCUT2D eigenvalue weighted by Crippen LogP contribution is -2.29. The van der Waals surface area contributed by atoms with Crippen molar-refractivity contribution in [2.24, 2.45) is 5.92 Å². The van der Waals surface area contributed by atoms with Gasteiger partial charge in [0.05, 0.1) is 37.3 Å². The van der Waals surface area contributed by atoms with Crippen LogP contribution in [0.3, 0.4) is 0 Å². The van der Waals surface area contributed by atoms with Gasteiger partial charge in [-0.3, -0.25) is 9.59 Å². The van der Waals surface area contributed by atoms with Crippen LogP contribution in [0.4, 0.5) is 4.39 Å². The van der Waals surface area contributed by atoms with Gasteiger partial charge in [-0.15, -0.1) is 5.10 Å². The lowest BCUT2D eigenvalue weighted by Gasteiger charge is -2.17. The van der Waals surface area contributed by atoms with Crippen LogP contribution >= 0.6 is 0 Å². The van der Waals surface area contributed by atoms with Crippen LogP contribution in [0, 0.1) is 11.7 Å². The Kier molecular flexibility index (Phi) is 6.88. The Hall–Kier alpha value is -3.89. The summed E-state index contributed by atoms with van der Waals surface area (Å²) in [6.45, 7) is 3.11. The van der Waals surface area contributed by atoms with Crippen molar-refractivity contribution in [3.63, 3.8) is 0 Å². The number of halogens is 1. The number of hydrogen-bond donors (Lipinski definition) is 1. The van der Waals surface area contributed by atoms with Crippen molar-refractivity contribution in [1.29, 1.82) is 0 Å². The minimum atomic E-state index is -0.390. The molecule has 36 heavy (non-hydrogen) atoms. The Balaban J connectivity index is 1.27. The van der Waals surface area contributed by atoms with Gasteiger partial charge in [-0.05, 0) is 55.0 Å². The number of nitrogens with zero attached hydrogens (tertiary/aromatic N) is 4. The molecule has 186 valence electrons. The molecule has 0 bridgehead atoms. The van der Waals surface area contributed by atoms with E-state index < -0.39 is 5.82 Å². The lowest BCUT2D eigenvalue weighted by molar-refractivity contribution is 0.0515. The number of aromatic nitrogens is 4. The van der Waals surface area contributed by atoms with Crippen LogP contribution in [0.5, 0.6) is 0 Å². The molecule has 0 spiro atoms. The van der Waals surface area contributed by atoms with Gasteiger partial charge < -0.3 is 19.4 Å². The summed E-state index contributed by atoms with van der Waals surface area (Å²) >= 11 is 0. The van der Waals surface area contributed by atoms with E-state index in [9.17, 15) is 14.0 Å². The third kappa shape index (κ3) is 5.05. The van der Waals surface area contributed by atoms with Crippen molar-refractivity contribution < 1.29 is 18.7 Å². The maximum atomic E-state index is 13.6. The number of ether oxygens (including phenoxy) is 2. The van der Waals surface area contributed by atoms with Crippen LogP contribution in [0.2, 0.25) is 0 Å². The van der Waals surface area contributed by atoms with Gasteiger partial charge in [0.2, 0.25) is 0 Å². The molecule has 1 amide bonds. The zero-order valence-corrected chi connectivity index (χ0v) is 19.8. The van der Waals surface area contributed by atoms with Crippen molar-refractivity contribution in [2.75, 3.05) is 40.0 Å². The molecule has 1 atom stereocenters. The molecular weight excluding hydrogens is 465 g/mol. The molecule has 1 N–H and O–H groups in total. The molecule has 0 aliphatic carbocycles. The van der Waals surface area contributed by atoms with Gasteiger partial charge in [-0.2, -0.15) is 0 Å². The predicted molar refractivity (Wildman–Crippen MR) is 132 cm³/mol. The average molecular weight is 492 g/mol. The number of fused-ring (bicyclic) bond motifs is 1. The smallest absolute Gasteiger partial charge is 0.258 e. The molecule has 0 radical (unpaired) electrons. The Bertz CT molecular complexity index is 1430. The molecule has 5 rings (SSSR count). The maximum Gasteiger partial charge on any atom is 0.258 e. The monoisotopic (exact) mass is 491 g/mol. The molecule has 1 saturated heterocycles. The fourth-order valence-corrected chi connectivity index (χ4v) is 4.37. The van der Waals surface area contributed by atoms with E-state index in [2.05, 4.69) is 15.3 Å². The number of H-pyrrole nitrogens is 1. The summed E-state index contributed by atoms with van der Waals surface area (Å²) in [5.74, 6) is -0.0813. The lowest BCUT2D eigenvalue weighted by atomic mass is 10.1. The third-order valence-electron chi connectivity index (χ3n) is 6.31. The molecule has 2 aromatic carbocycles. The highest BCUT2D eigenvalue weighted by Crippen LogP contribution is 2.22. The number of pyridine rings is 1.